The largest absolute Gasteiger partial charge is 0.416 e. The first-order chi connectivity index (χ1) is 13.0. The maximum atomic E-state index is 12.6. The van der Waals surface area contributed by atoms with Gasteiger partial charge in [-0.2, -0.15) is 13.2 Å². The van der Waals surface area contributed by atoms with E-state index < -0.39 is 21.8 Å². The van der Waals surface area contributed by atoms with Crippen LogP contribution in [0.25, 0.3) is 0 Å². The van der Waals surface area contributed by atoms with Crippen molar-refractivity contribution in [1.82, 2.24) is 10.2 Å². The zero-order chi connectivity index (χ0) is 20.9. The van der Waals surface area contributed by atoms with Gasteiger partial charge in [0.15, 0.2) is 5.96 Å². The molecular formula is C18H21F3N4O2S. The molecular weight excluding hydrogens is 393 g/mol. The Balaban J connectivity index is 2.02. The van der Waals surface area contributed by atoms with Gasteiger partial charge in [0.2, 0.25) is 10.0 Å². The minimum absolute atomic E-state index is 0.0138. The summed E-state index contributed by atoms with van der Waals surface area (Å²) in [5, 5.41) is 8.21. The maximum Gasteiger partial charge on any atom is 0.416 e. The number of hydrogen-bond donors (Lipinski definition) is 2. The van der Waals surface area contributed by atoms with E-state index in [9.17, 15) is 21.6 Å². The summed E-state index contributed by atoms with van der Waals surface area (Å²) in [7, 11) is -0.470. The molecule has 0 atom stereocenters. The zero-order valence-electron chi connectivity index (χ0n) is 15.4. The predicted molar refractivity (Wildman–Crippen MR) is 101 cm³/mol. The normalized spacial score (nSPS) is 12.7. The first kappa shape index (κ1) is 21.7. The number of rotatable bonds is 5. The van der Waals surface area contributed by atoms with Crippen molar-refractivity contribution in [3.05, 3.63) is 65.2 Å². The summed E-state index contributed by atoms with van der Waals surface area (Å²) < 4.78 is 60.8. The monoisotopic (exact) mass is 414 g/mol. The van der Waals surface area contributed by atoms with Gasteiger partial charge in [0.1, 0.15) is 0 Å². The van der Waals surface area contributed by atoms with E-state index in [2.05, 4.69) is 10.3 Å². The highest BCUT2D eigenvalue weighted by atomic mass is 32.2. The molecule has 28 heavy (non-hydrogen) atoms. The number of benzene rings is 2. The number of nitrogens with zero attached hydrogens (tertiary/aromatic N) is 2. The van der Waals surface area contributed by atoms with Crippen molar-refractivity contribution in [3.63, 3.8) is 0 Å². The molecule has 0 unspecified atom stereocenters. The smallest absolute Gasteiger partial charge is 0.352 e. The second-order valence-electron chi connectivity index (χ2n) is 6.14. The number of guanidine groups is 1. The standard InChI is InChI=1S/C18H21F3N4O2S/c1-23-17(24-11-14-4-3-5-16(10-14)28(22,26)27)25(2)12-13-6-8-15(9-7-13)18(19,20)21/h3-10H,11-12H2,1-2H3,(H,23,24)(H2,22,26,27). The van der Waals surface area contributed by atoms with Crippen molar-refractivity contribution < 1.29 is 21.6 Å². The second-order valence-corrected chi connectivity index (χ2v) is 7.71. The highest BCUT2D eigenvalue weighted by Gasteiger charge is 2.29. The zero-order valence-corrected chi connectivity index (χ0v) is 16.2. The topological polar surface area (TPSA) is 87.8 Å². The molecule has 0 radical (unpaired) electrons. The van der Waals surface area contributed by atoms with Crippen molar-refractivity contribution in [1.29, 1.82) is 0 Å². The first-order valence-electron chi connectivity index (χ1n) is 8.20. The van der Waals surface area contributed by atoms with Gasteiger partial charge in [0, 0.05) is 27.2 Å². The quantitative estimate of drug-likeness (QED) is 0.582. The number of alkyl halides is 3. The van der Waals surface area contributed by atoms with Crippen LogP contribution in [0.1, 0.15) is 16.7 Å². The fourth-order valence-electron chi connectivity index (χ4n) is 2.55. The molecule has 0 aliphatic carbocycles. The summed E-state index contributed by atoms with van der Waals surface area (Å²) in [6.07, 6.45) is -4.37. The Morgan fingerprint density at radius 1 is 1.14 bits per heavy atom. The molecule has 0 saturated carbocycles. The Hall–Kier alpha value is -2.59. The van der Waals surface area contributed by atoms with Crippen LogP contribution >= 0.6 is 0 Å². The van der Waals surface area contributed by atoms with E-state index in [-0.39, 0.29) is 4.90 Å². The third-order valence-electron chi connectivity index (χ3n) is 3.95. The Labute approximate surface area is 161 Å². The Morgan fingerprint density at radius 2 is 1.79 bits per heavy atom. The van der Waals surface area contributed by atoms with Gasteiger partial charge >= 0.3 is 6.18 Å². The number of hydrogen-bond acceptors (Lipinski definition) is 3. The van der Waals surface area contributed by atoms with Crippen LogP contribution in [-0.4, -0.2) is 33.4 Å². The SMILES string of the molecule is CN=C(NCc1cccc(S(N)(=O)=O)c1)N(C)Cc1ccc(C(F)(F)F)cc1. The van der Waals surface area contributed by atoms with Crippen LogP contribution in [0, 0.1) is 0 Å². The molecule has 0 fully saturated rings. The number of aliphatic imine (C=N–C) groups is 1. The maximum absolute atomic E-state index is 12.6. The fraction of sp³-hybridized carbons (Fsp3) is 0.278. The van der Waals surface area contributed by atoms with Crippen molar-refractivity contribution in [2.75, 3.05) is 14.1 Å². The van der Waals surface area contributed by atoms with Gasteiger partial charge in [-0.3, -0.25) is 4.99 Å². The summed E-state index contributed by atoms with van der Waals surface area (Å²) >= 11 is 0. The Morgan fingerprint density at radius 3 is 2.32 bits per heavy atom. The number of nitrogens with two attached hydrogens (primary N) is 1. The van der Waals surface area contributed by atoms with Crippen LogP contribution in [0.4, 0.5) is 13.2 Å². The van der Waals surface area contributed by atoms with Crippen LogP contribution in [0.5, 0.6) is 0 Å². The molecule has 0 amide bonds. The molecule has 0 heterocycles. The fourth-order valence-corrected chi connectivity index (χ4v) is 3.13. The van der Waals surface area contributed by atoms with E-state index in [0.717, 1.165) is 12.1 Å². The van der Waals surface area contributed by atoms with Crippen molar-refractivity contribution in [3.8, 4) is 0 Å². The molecule has 2 rings (SSSR count). The predicted octanol–water partition coefficient (Wildman–Crippen LogP) is 2.56. The van der Waals surface area contributed by atoms with E-state index in [4.69, 9.17) is 5.14 Å². The van der Waals surface area contributed by atoms with E-state index in [1.165, 1.54) is 24.3 Å². The molecule has 0 aromatic heterocycles. The van der Waals surface area contributed by atoms with E-state index >= 15 is 0 Å². The van der Waals surface area contributed by atoms with Gasteiger partial charge in [0.05, 0.1) is 10.5 Å². The van der Waals surface area contributed by atoms with Gasteiger partial charge in [-0.05, 0) is 35.4 Å². The van der Waals surface area contributed by atoms with Crippen LogP contribution in [-0.2, 0) is 29.3 Å². The lowest BCUT2D eigenvalue weighted by atomic mass is 10.1. The van der Waals surface area contributed by atoms with Gasteiger partial charge in [-0.15, -0.1) is 0 Å². The van der Waals surface area contributed by atoms with E-state index in [1.807, 2.05) is 0 Å². The first-order valence-corrected chi connectivity index (χ1v) is 9.75. The molecule has 0 spiro atoms. The van der Waals surface area contributed by atoms with E-state index in [1.54, 1.807) is 31.1 Å². The van der Waals surface area contributed by atoms with Crippen LogP contribution < -0.4 is 10.5 Å². The third-order valence-corrected chi connectivity index (χ3v) is 4.86. The summed E-state index contributed by atoms with van der Waals surface area (Å²) in [5.74, 6) is 0.501. The molecule has 2 aromatic rings. The van der Waals surface area contributed by atoms with Crippen molar-refractivity contribution >= 4 is 16.0 Å². The van der Waals surface area contributed by atoms with Crippen LogP contribution in [0.15, 0.2) is 58.4 Å². The molecule has 2 aromatic carbocycles. The number of halogens is 3. The summed E-state index contributed by atoms with van der Waals surface area (Å²) in [6.45, 7) is 0.641. The molecule has 6 nitrogen and oxygen atoms in total. The molecule has 0 aliphatic heterocycles. The molecule has 10 heteroatoms. The molecule has 3 N–H and O–H groups in total. The summed E-state index contributed by atoms with van der Waals surface area (Å²) in [6, 6.07) is 11.1. The summed E-state index contributed by atoms with van der Waals surface area (Å²) in [4.78, 5) is 5.89. The van der Waals surface area contributed by atoms with Gasteiger partial charge in [-0.25, -0.2) is 13.6 Å². The average molecular weight is 414 g/mol. The Bertz CT molecular complexity index is 942. The Kier molecular flexibility index (Phi) is 6.68. The molecule has 0 bridgehead atoms. The third kappa shape index (κ3) is 5.96. The summed E-state index contributed by atoms with van der Waals surface area (Å²) in [5.41, 5.74) is 0.682. The van der Waals surface area contributed by atoms with Crippen molar-refractivity contribution in [2.45, 2.75) is 24.2 Å². The highest BCUT2D eigenvalue weighted by molar-refractivity contribution is 7.89. The second kappa shape index (κ2) is 8.61. The van der Waals surface area contributed by atoms with Crippen LogP contribution in [0.2, 0.25) is 0 Å². The van der Waals surface area contributed by atoms with Crippen molar-refractivity contribution in [2.24, 2.45) is 10.1 Å². The minimum Gasteiger partial charge on any atom is -0.352 e. The molecule has 152 valence electrons. The highest BCUT2D eigenvalue weighted by Crippen LogP contribution is 2.29. The van der Waals surface area contributed by atoms with Gasteiger partial charge in [-0.1, -0.05) is 24.3 Å². The minimum atomic E-state index is -4.37. The molecule has 0 saturated heterocycles. The average Bonchev–Trinajstić information content (AvgIpc) is 2.61. The lowest BCUT2D eigenvalue weighted by molar-refractivity contribution is -0.137. The number of sulfonamides is 1. The lowest BCUT2D eigenvalue weighted by Gasteiger charge is -2.22. The lowest BCUT2D eigenvalue weighted by Crippen LogP contribution is -2.38. The van der Waals surface area contributed by atoms with Gasteiger partial charge in [0.25, 0.3) is 0 Å². The molecule has 0 aliphatic rings. The van der Waals surface area contributed by atoms with Crippen LogP contribution in [0.3, 0.4) is 0 Å². The van der Waals surface area contributed by atoms with Gasteiger partial charge < -0.3 is 10.2 Å². The number of nitrogens with one attached hydrogen (secondary N) is 1. The van der Waals surface area contributed by atoms with E-state index in [0.29, 0.717) is 30.2 Å². The number of primary sulfonamides is 1.